The summed E-state index contributed by atoms with van der Waals surface area (Å²) in [5.74, 6) is -2.29. The predicted molar refractivity (Wildman–Crippen MR) is 97.6 cm³/mol. The number of amides is 2. The molecule has 0 aliphatic heterocycles. The van der Waals surface area contributed by atoms with Crippen LogP contribution in [0.5, 0.6) is 0 Å². The van der Waals surface area contributed by atoms with E-state index in [9.17, 15) is 35.5 Å². The molecule has 0 aliphatic carbocycles. The number of carbonyl (C=O) groups is 2. The molecule has 0 unspecified atom stereocenters. The third-order valence-corrected chi connectivity index (χ3v) is 4.52. The van der Waals surface area contributed by atoms with E-state index in [0.29, 0.717) is 0 Å². The molecule has 0 aromatic heterocycles. The van der Waals surface area contributed by atoms with Crippen molar-refractivity contribution >= 4 is 32.1 Å². The summed E-state index contributed by atoms with van der Waals surface area (Å²) in [4.78, 5) is 21.6. The molecule has 0 aromatic rings. The summed E-state index contributed by atoms with van der Waals surface area (Å²) >= 11 is 0. The van der Waals surface area contributed by atoms with Crippen LogP contribution in [0.25, 0.3) is 0 Å². The summed E-state index contributed by atoms with van der Waals surface area (Å²) in [6, 6.07) is 0. The number of hydrogen-bond donors (Lipinski definition) is 2. The maximum Gasteiger partial charge on any atom is 2.00 e. The number of carbonyl (C=O) groups excluding carboxylic acids is 2. The van der Waals surface area contributed by atoms with Gasteiger partial charge >= 0.3 is 19.5 Å². The average molecular weight is 496 g/mol. The molecule has 4 N–H and O–H groups in total. The van der Waals surface area contributed by atoms with Gasteiger partial charge in [0.2, 0.25) is 11.8 Å². The van der Waals surface area contributed by atoms with E-state index in [1.807, 2.05) is 0 Å². The van der Waals surface area contributed by atoms with Gasteiger partial charge in [-0.15, -0.1) is 0 Å². The van der Waals surface area contributed by atoms with Crippen molar-refractivity contribution in [2.75, 3.05) is 11.5 Å². The van der Waals surface area contributed by atoms with Crippen molar-refractivity contribution in [2.24, 2.45) is 0 Å². The van der Waals surface area contributed by atoms with Crippen molar-refractivity contribution in [3.8, 4) is 0 Å². The molecule has 0 aromatic carbocycles. The van der Waals surface area contributed by atoms with E-state index >= 15 is 0 Å². The molecule has 0 aliphatic rings. The Hall–Kier alpha value is -1.18. The van der Waals surface area contributed by atoms with E-state index in [0.717, 1.165) is 12.2 Å². The molecule has 0 heterocycles. The third-order valence-electron chi connectivity index (χ3n) is 2.37. The van der Waals surface area contributed by atoms with E-state index in [1.165, 1.54) is 27.7 Å². The van der Waals surface area contributed by atoms with E-state index in [1.54, 1.807) is 0 Å². The maximum absolute atomic E-state index is 10.8. The Balaban J connectivity index is -0.000000192. The summed E-state index contributed by atoms with van der Waals surface area (Å²) in [6.07, 6.45) is 2.03. The van der Waals surface area contributed by atoms with Gasteiger partial charge in [0.1, 0.15) is 0 Å². The van der Waals surface area contributed by atoms with Crippen LogP contribution in [0.15, 0.2) is 25.3 Å². The first-order valence-electron chi connectivity index (χ1n) is 7.09. The molecule has 0 spiro atoms. The van der Waals surface area contributed by atoms with Gasteiger partial charge in [-0.2, -0.15) is 0 Å². The van der Waals surface area contributed by atoms with Crippen LogP contribution < -0.4 is 10.6 Å². The predicted octanol–water partition coefficient (Wildman–Crippen LogP) is -1.60. The molecule has 28 heavy (non-hydrogen) atoms. The fourth-order valence-corrected chi connectivity index (χ4v) is 3.64. The largest absolute Gasteiger partial charge is 2.00 e. The summed E-state index contributed by atoms with van der Waals surface area (Å²) in [5.41, 5.74) is -2.13. The van der Waals surface area contributed by atoms with Crippen LogP contribution in [0.3, 0.4) is 0 Å². The zero-order valence-corrected chi connectivity index (χ0v) is 20.9. The Bertz CT molecular complexity index is 681. The Morgan fingerprint density at radius 2 is 1.04 bits per heavy atom. The molecule has 0 bridgehead atoms. The average Bonchev–Trinajstić information content (AvgIpc) is 2.31. The molecule has 2 amide bonds. The molecule has 160 valence electrons. The van der Waals surface area contributed by atoms with Gasteiger partial charge < -0.3 is 25.2 Å². The molecule has 0 radical (unpaired) electrons. The topological polar surface area (TPSA) is 204 Å². The van der Waals surface area contributed by atoms with Crippen LogP contribution in [0.1, 0.15) is 27.7 Å². The fraction of sp³-hybridized carbons (Fsp3) is 0.571. The van der Waals surface area contributed by atoms with Crippen LogP contribution in [0.4, 0.5) is 0 Å². The molecule has 11 nitrogen and oxygen atoms in total. The summed E-state index contributed by atoms with van der Waals surface area (Å²) in [6.45, 7) is 12.2. The van der Waals surface area contributed by atoms with Crippen molar-refractivity contribution in [3.05, 3.63) is 25.3 Å². The molecule has 0 fully saturated rings. The Kier molecular flexibility index (Phi) is 16.1. The second-order valence-corrected chi connectivity index (χ2v) is 9.37. The van der Waals surface area contributed by atoms with Crippen LogP contribution >= 0.6 is 0 Å². The number of nitrogens with one attached hydrogen (secondary N) is 2. The van der Waals surface area contributed by atoms with Gasteiger partial charge in [-0.05, 0) is 39.8 Å². The first-order valence-corrected chi connectivity index (χ1v) is 10.2. The van der Waals surface area contributed by atoms with Gasteiger partial charge in [0.25, 0.3) is 0 Å². The molecular formula is C14H26N2O9S2Zn. The molecule has 14 heteroatoms. The van der Waals surface area contributed by atoms with Crippen LogP contribution in [-0.2, 0) is 49.3 Å². The SMILES string of the molecule is C=CC(=O)NC(C)(C)CS(=O)(=O)[O-].C=CC(=O)NC(C)(C)CS(=O)(=O)[O-].O.[Zn+2]. The zero-order valence-electron chi connectivity index (χ0n) is 16.3. The van der Waals surface area contributed by atoms with Gasteiger partial charge in [-0.3, -0.25) is 9.59 Å². The molecular weight excluding hydrogens is 470 g/mol. The Labute approximate surface area is 178 Å². The number of hydrogen-bond acceptors (Lipinski definition) is 8. The zero-order chi connectivity index (χ0) is 21.4. The van der Waals surface area contributed by atoms with Crippen LogP contribution in [0.2, 0.25) is 0 Å². The smallest absolute Gasteiger partial charge is 0.748 e. The minimum absolute atomic E-state index is 0. The van der Waals surface area contributed by atoms with Crippen molar-refractivity contribution < 1.29 is 60.5 Å². The van der Waals surface area contributed by atoms with Gasteiger partial charge in [0.15, 0.2) is 0 Å². The van der Waals surface area contributed by atoms with Crippen LogP contribution in [0, 0.1) is 0 Å². The van der Waals surface area contributed by atoms with Gasteiger partial charge in [-0.25, -0.2) is 16.8 Å². The first kappa shape index (κ1) is 34.3. The van der Waals surface area contributed by atoms with E-state index in [4.69, 9.17) is 0 Å². The van der Waals surface area contributed by atoms with E-state index in [2.05, 4.69) is 23.8 Å². The molecule has 0 atom stereocenters. The van der Waals surface area contributed by atoms with Gasteiger partial charge in [-0.1, -0.05) is 13.2 Å². The standard InChI is InChI=1S/2C7H13NO4S.H2O.Zn/c2*1-4-6(9)8-7(2,3)5-13(10,11)12;;/h2*4H,1,5H2,2-3H3,(H,8,9)(H,10,11,12);1H2;/q;;;+2/p-2. The minimum atomic E-state index is -4.33. The minimum Gasteiger partial charge on any atom is -0.748 e. The normalized spacial score (nSPS) is 11.4. The van der Waals surface area contributed by atoms with E-state index in [-0.39, 0.29) is 25.0 Å². The Morgan fingerprint density at radius 1 is 0.821 bits per heavy atom. The van der Waals surface area contributed by atoms with Crippen LogP contribution in [-0.4, -0.2) is 65.8 Å². The van der Waals surface area contributed by atoms with Crippen molar-refractivity contribution in [2.45, 2.75) is 38.8 Å². The summed E-state index contributed by atoms with van der Waals surface area (Å²) in [5, 5.41) is 4.65. The third kappa shape index (κ3) is 22.9. The first-order chi connectivity index (χ1) is 11.3. The summed E-state index contributed by atoms with van der Waals surface area (Å²) < 4.78 is 62.3. The van der Waals surface area contributed by atoms with Gasteiger partial charge in [0.05, 0.1) is 31.7 Å². The molecule has 0 rings (SSSR count). The second-order valence-electron chi connectivity index (χ2n) is 6.56. The Morgan fingerprint density at radius 3 is 1.18 bits per heavy atom. The quantitative estimate of drug-likeness (QED) is 0.227. The number of rotatable bonds is 8. The van der Waals surface area contributed by atoms with Crippen molar-refractivity contribution in [1.29, 1.82) is 0 Å². The molecule has 0 saturated heterocycles. The monoisotopic (exact) mass is 494 g/mol. The van der Waals surface area contributed by atoms with Crippen molar-refractivity contribution in [3.63, 3.8) is 0 Å². The molecule has 0 saturated carbocycles. The van der Waals surface area contributed by atoms with E-state index < -0.39 is 54.6 Å². The second kappa shape index (κ2) is 13.1. The fourth-order valence-electron chi connectivity index (χ4n) is 1.73. The van der Waals surface area contributed by atoms with Gasteiger partial charge in [0, 0.05) is 11.1 Å². The van der Waals surface area contributed by atoms with Crippen molar-refractivity contribution in [1.82, 2.24) is 10.6 Å². The maximum atomic E-state index is 10.8. The summed E-state index contributed by atoms with van der Waals surface area (Å²) in [7, 11) is -8.67.